The minimum Gasteiger partial charge on any atom is -0.497 e. The van der Waals surface area contributed by atoms with Gasteiger partial charge < -0.3 is 10.1 Å². The lowest BCUT2D eigenvalue weighted by atomic mass is 10.2. The van der Waals surface area contributed by atoms with Crippen molar-refractivity contribution in [2.24, 2.45) is 0 Å². The summed E-state index contributed by atoms with van der Waals surface area (Å²) >= 11 is 4.95. The topological polar surface area (TPSA) is 38.3 Å². The molecule has 116 valence electrons. The van der Waals surface area contributed by atoms with Crippen LogP contribution in [0.15, 0.2) is 57.9 Å². The highest BCUT2D eigenvalue weighted by Gasteiger charge is 2.13. The van der Waals surface area contributed by atoms with Gasteiger partial charge in [-0.05, 0) is 48.9 Å². The molecule has 2 aromatic rings. The normalized spacial score (nSPS) is 11.8. The van der Waals surface area contributed by atoms with Gasteiger partial charge in [-0.15, -0.1) is 11.8 Å². The van der Waals surface area contributed by atoms with Crippen molar-refractivity contribution in [3.63, 3.8) is 0 Å². The van der Waals surface area contributed by atoms with Gasteiger partial charge in [0.2, 0.25) is 5.91 Å². The van der Waals surface area contributed by atoms with Gasteiger partial charge in [-0.25, -0.2) is 0 Å². The van der Waals surface area contributed by atoms with Crippen molar-refractivity contribution >= 4 is 33.6 Å². The number of nitrogens with one attached hydrogen (secondary N) is 1. The molecular formula is C17H18BrNO2S. The quantitative estimate of drug-likeness (QED) is 0.762. The minimum atomic E-state index is -0.139. The first-order valence-electron chi connectivity index (χ1n) is 6.91. The van der Waals surface area contributed by atoms with Gasteiger partial charge in [0.25, 0.3) is 0 Å². The number of rotatable bonds is 6. The number of thioether (sulfide) groups is 1. The van der Waals surface area contributed by atoms with Crippen LogP contribution in [0.25, 0.3) is 0 Å². The summed E-state index contributed by atoms with van der Waals surface area (Å²) in [6.07, 6.45) is 0. The van der Waals surface area contributed by atoms with Crippen molar-refractivity contribution < 1.29 is 9.53 Å². The molecule has 22 heavy (non-hydrogen) atoms. The molecule has 1 atom stereocenters. The number of hydrogen-bond acceptors (Lipinski definition) is 3. The Hall–Kier alpha value is -1.46. The number of carbonyl (C=O) groups is 1. The monoisotopic (exact) mass is 379 g/mol. The molecule has 0 radical (unpaired) electrons. The van der Waals surface area contributed by atoms with Gasteiger partial charge in [0.05, 0.1) is 12.4 Å². The summed E-state index contributed by atoms with van der Waals surface area (Å²) in [6.45, 7) is 2.43. The summed E-state index contributed by atoms with van der Waals surface area (Å²) in [4.78, 5) is 13.2. The van der Waals surface area contributed by atoms with Crippen LogP contribution < -0.4 is 10.1 Å². The third-order valence-electron chi connectivity index (χ3n) is 3.12. The fraction of sp³-hybridized carbons (Fsp3) is 0.235. The zero-order valence-electron chi connectivity index (χ0n) is 12.5. The lowest BCUT2D eigenvalue weighted by molar-refractivity contribution is -0.120. The van der Waals surface area contributed by atoms with Crippen molar-refractivity contribution in [3.05, 3.63) is 58.6 Å². The molecule has 2 rings (SSSR count). The highest BCUT2D eigenvalue weighted by atomic mass is 79.9. The maximum atomic E-state index is 12.1. The summed E-state index contributed by atoms with van der Waals surface area (Å²) in [7, 11) is 1.64. The first-order chi connectivity index (χ1) is 10.6. The molecule has 0 aliphatic heterocycles. The van der Waals surface area contributed by atoms with E-state index in [4.69, 9.17) is 4.74 Å². The Morgan fingerprint density at radius 1 is 1.18 bits per heavy atom. The van der Waals surface area contributed by atoms with Crippen molar-refractivity contribution in [2.75, 3.05) is 7.11 Å². The third-order valence-corrected chi connectivity index (χ3v) is 4.76. The van der Waals surface area contributed by atoms with Crippen molar-refractivity contribution in [2.45, 2.75) is 23.6 Å². The molecule has 5 heteroatoms. The standard InChI is InChI=1S/C17H18BrNO2S/c1-12(22-16-9-5-14(18)6-10-16)17(20)19-11-13-3-7-15(21-2)8-4-13/h3-10,12H,11H2,1-2H3,(H,19,20)/t12-/m1/s1. The second-order valence-electron chi connectivity index (χ2n) is 4.78. The fourth-order valence-electron chi connectivity index (χ4n) is 1.85. The molecule has 0 unspecified atom stereocenters. The molecule has 0 saturated carbocycles. The zero-order chi connectivity index (χ0) is 15.9. The summed E-state index contributed by atoms with van der Waals surface area (Å²) < 4.78 is 6.15. The van der Waals surface area contributed by atoms with E-state index in [1.165, 1.54) is 0 Å². The molecule has 2 aromatic carbocycles. The Bertz CT molecular complexity index is 614. The lowest BCUT2D eigenvalue weighted by Gasteiger charge is -2.12. The van der Waals surface area contributed by atoms with Gasteiger partial charge in [0.1, 0.15) is 5.75 Å². The van der Waals surface area contributed by atoms with Crippen LogP contribution >= 0.6 is 27.7 Å². The first kappa shape index (κ1) is 16.9. The van der Waals surface area contributed by atoms with Crippen LogP contribution in [0.1, 0.15) is 12.5 Å². The molecule has 0 saturated heterocycles. The molecule has 0 fully saturated rings. The van der Waals surface area contributed by atoms with E-state index in [1.807, 2.05) is 55.5 Å². The van der Waals surface area contributed by atoms with E-state index in [-0.39, 0.29) is 11.2 Å². The van der Waals surface area contributed by atoms with Gasteiger partial charge in [-0.2, -0.15) is 0 Å². The van der Waals surface area contributed by atoms with Crippen LogP contribution in [0.4, 0.5) is 0 Å². The van der Waals surface area contributed by atoms with E-state index in [9.17, 15) is 4.79 Å². The predicted molar refractivity (Wildman–Crippen MR) is 94.3 cm³/mol. The number of ether oxygens (including phenoxy) is 1. The largest absolute Gasteiger partial charge is 0.497 e. The number of benzene rings is 2. The Morgan fingerprint density at radius 3 is 2.41 bits per heavy atom. The van der Waals surface area contributed by atoms with E-state index >= 15 is 0 Å². The Balaban J connectivity index is 1.84. The molecule has 0 aliphatic rings. The second kappa shape index (κ2) is 8.25. The fourth-order valence-corrected chi connectivity index (χ4v) is 3.00. The molecule has 3 nitrogen and oxygen atoms in total. The lowest BCUT2D eigenvalue weighted by Crippen LogP contribution is -2.30. The molecule has 0 aliphatic carbocycles. The summed E-state index contributed by atoms with van der Waals surface area (Å²) in [5, 5.41) is 2.82. The highest BCUT2D eigenvalue weighted by Crippen LogP contribution is 2.25. The maximum absolute atomic E-state index is 12.1. The van der Waals surface area contributed by atoms with Crippen LogP contribution in [0, 0.1) is 0 Å². The van der Waals surface area contributed by atoms with Gasteiger partial charge in [-0.3, -0.25) is 4.79 Å². The summed E-state index contributed by atoms with van der Waals surface area (Å²) in [5.74, 6) is 0.845. The molecule has 0 spiro atoms. The van der Waals surface area contributed by atoms with E-state index in [0.717, 1.165) is 20.7 Å². The molecular weight excluding hydrogens is 362 g/mol. The van der Waals surface area contributed by atoms with Gasteiger partial charge in [0.15, 0.2) is 0 Å². The van der Waals surface area contributed by atoms with Crippen LogP contribution in [0.2, 0.25) is 0 Å². The number of hydrogen-bond donors (Lipinski definition) is 1. The number of methoxy groups -OCH3 is 1. The molecule has 1 amide bonds. The number of amides is 1. The van der Waals surface area contributed by atoms with Crippen molar-refractivity contribution in [1.82, 2.24) is 5.32 Å². The van der Waals surface area contributed by atoms with Crippen LogP contribution in [-0.4, -0.2) is 18.3 Å². The van der Waals surface area contributed by atoms with E-state index < -0.39 is 0 Å². The average Bonchev–Trinajstić information content (AvgIpc) is 2.55. The zero-order valence-corrected chi connectivity index (χ0v) is 14.9. The van der Waals surface area contributed by atoms with E-state index in [1.54, 1.807) is 18.9 Å². The van der Waals surface area contributed by atoms with Gasteiger partial charge in [0, 0.05) is 15.9 Å². The summed E-state index contributed by atoms with van der Waals surface area (Å²) in [5.41, 5.74) is 1.05. The maximum Gasteiger partial charge on any atom is 0.233 e. The predicted octanol–water partition coefficient (Wildman–Crippen LogP) is 4.25. The van der Waals surface area contributed by atoms with Crippen molar-refractivity contribution in [3.8, 4) is 5.75 Å². The summed E-state index contributed by atoms with van der Waals surface area (Å²) in [6, 6.07) is 15.6. The Kier molecular flexibility index (Phi) is 6.34. The van der Waals surface area contributed by atoms with Crippen LogP contribution in [-0.2, 0) is 11.3 Å². The number of carbonyl (C=O) groups excluding carboxylic acids is 1. The van der Waals surface area contributed by atoms with Gasteiger partial charge in [-0.1, -0.05) is 28.1 Å². The number of halogens is 1. The highest BCUT2D eigenvalue weighted by molar-refractivity contribution is 9.10. The molecule has 0 heterocycles. The second-order valence-corrected chi connectivity index (χ2v) is 7.11. The third kappa shape index (κ3) is 5.07. The molecule has 0 aromatic heterocycles. The Labute approximate surface area is 143 Å². The van der Waals surface area contributed by atoms with E-state index in [2.05, 4.69) is 21.2 Å². The van der Waals surface area contributed by atoms with Gasteiger partial charge >= 0.3 is 0 Å². The van der Waals surface area contributed by atoms with Crippen molar-refractivity contribution in [1.29, 1.82) is 0 Å². The molecule has 1 N–H and O–H groups in total. The minimum absolute atomic E-state index is 0.0312. The smallest absolute Gasteiger partial charge is 0.233 e. The van der Waals surface area contributed by atoms with Crippen LogP contribution in [0.3, 0.4) is 0 Å². The SMILES string of the molecule is COc1ccc(CNC(=O)[C@@H](C)Sc2ccc(Br)cc2)cc1. The average molecular weight is 380 g/mol. The van der Waals surface area contributed by atoms with Crippen LogP contribution in [0.5, 0.6) is 5.75 Å². The Morgan fingerprint density at radius 2 is 1.82 bits per heavy atom. The van der Waals surface area contributed by atoms with E-state index in [0.29, 0.717) is 6.54 Å². The molecule has 0 bridgehead atoms. The first-order valence-corrected chi connectivity index (χ1v) is 8.58.